The van der Waals surface area contributed by atoms with Gasteiger partial charge in [-0.05, 0) is 115 Å². The van der Waals surface area contributed by atoms with E-state index in [2.05, 4.69) is 88.0 Å². The van der Waals surface area contributed by atoms with Crippen LogP contribution >= 0.6 is 0 Å². The van der Waals surface area contributed by atoms with Crippen LogP contribution in [0.5, 0.6) is 0 Å². The number of nitrogens with zero attached hydrogens (tertiary/aromatic N) is 1. The lowest BCUT2D eigenvalue weighted by atomic mass is 9.89. The Balaban J connectivity index is 4.42. The Labute approximate surface area is 348 Å². The second-order valence-electron chi connectivity index (χ2n) is 19.3. The van der Waals surface area contributed by atoms with E-state index in [0.717, 1.165) is 89.9 Å². The normalized spacial score (nSPS) is 13.8. The van der Waals surface area contributed by atoms with E-state index in [-0.39, 0.29) is 24.0 Å². The predicted molar refractivity (Wildman–Crippen MR) is 237 cm³/mol. The maximum Gasteiger partial charge on any atom is 0.320 e. The Morgan fingerprint density at radius 2 is 0.750 bits per heavy atom. The van der Waals surface area contributed by atoms with Crippen molar-refractivity contribution in [3.63, 3.8) is 0 Å². The topological polar surface area (TPSA) is 82.1 Å². The lowest BCUT2D eigenvalue weighted by Gasteiger charge is -2.30. The Hall–Kier alpha value is -1.63. The molecule has 0 fully saturated rings. The molecule has 0 N–H and O–H groups in total. The number of unbranched alkanes of at least 4 members (excludes halogenated alkanes) is 12. The molecule has 0 saturated carbocycles. The molecule has 0 heterocycles. The zero-order valence-corrected chi connectivity index (χ0v) is 39.3. The summed E-state index contributed by atoms with van der Waals surface area (Å²) in [5.74, 6) is 3.17. The van der Waals surface area contributed by atoms with Crippen LogP contribution in [0.25, 0.3) is 0 Å². The number of hydrogen-bond acceptors (Lipinski definition) is 7. The molecule has 0 bridgehead atoms. The molecule has 0 spiro atoms. The quantitative estimate of drug-likeness (QED) is 0.0352. The van der Waals surface area contributed by atoms with Gasteiger partial charge in [-0.3, -0.25) is 19.3 Å². The molecular weight excluding hydrogens is 699 g/mol. The molecule has 7 heteroatoms. The minimum Gasteiger partial charge on any atom is -0.465 e. The first-order valence-corrected chi connectivity index (χ1v) is 23.8. The summed E-state index contributed by atoms with van der Waals surface area (Å²) in [7, 11) is 0. The first-order chi connectivity index (χ1) is 26.5. The number of ether oxygens (including phenoxy) is 3. The second-order valence-corrected chi connectivity index (χ2v) is 19.3. The molecule has 0 aliphatic heterocycles. The first-order valence-electron chi connectivity index (χ1n) is 23.8. The monoisotopic (exact) mass is 794 g/mol. The van der Waals surface area contributed by atoms with E-state index >= 15 is 0 Å². The fourth-order valence-electron chi connectivity index (χ4n) is 7.50. The Morgan fingerprint density at radius 1 is 0.411 bits per heavy atom. The third-order valence-electron chi connectivity index (χ3n) is 11.8. The van der Waals surface area contributed by atoms with E-state index in [0.29, 0.717) is 80.2 Å². The third kappa shape index (κ3) is 31.4. The van der Waals surface area contributed by atoms with Crippen molar-refractivity contribution in [3.8, 4) is 0 Å². The average Bonchev–Trinajstić information content (AvgIpc) is 3.11. The van der Waals surface area contributed by atoms with Gasteiger partial charge in [-0.2, -0.15) is 0 Å². The van der Waals surface area contributed by atoms with E-state index < -0.39 is 0 Å². The van der Waals surface area contributed by atoms with Crippen molar-refractivity contribution in [2.45, 2.75) is 243 Å². The van der Waals surface area contributed by atoms with Crippen LogP contribution in [0.2, 0.25) is 0 Å². The van der Waals surface area contributed by atoms with E-state index in [1.165, 1.54) is 38.5 Å². The van der Waals surface area contributed by atoms with Crippen molar-refractivity contribution in [2.75, 3.05) is 19.8 Å². The van der Waals surface area contributed by atoms with Crippen LogP contribution in [0.4, 0.5) is 0 Å². The summed E-state index contributed by atoms with van der Waals surface area (Å²) >= 11 is 0. The van der Waals surface area contributed by atoms with Gasteiger partial charge in [0, 0.05) is 24.9 Å². The highest BCUT2D eigenvalue weighted by Gasteiger charge is 2.22. The lowest BCUT2D eigenvalue weighted by molar-refractivity contribution is -0.152. The summed E-state index contributed by atoms with van der Waals surface area (Å²) in [6.45, 7) is 27.9. The summed E-state index contributed by atoms with van der Waals surface area (Å²) in [6, 6.07) is 0.594. The van der Waals surface area contributed by atoms with Crippen LogP contribution < -0.4 is 0 Å². The van der Waals surface area contributed by atoms with Gasteiger partial charge in [-0.25, -0.2) is 0 Å². The summed E-state index contributed by atoms with van der Waals surface area (Å²) in [5.41, 5.74) is 0. The molecular formula is C49H95NO6. The average molecular weight is 794 g/mol. The molecule has 0 rings (SSSR count). The molecule has 0 radical (unpaired) electrons. The highest BCUT2D eigenvalue weighted by atomic mass is 16.5. The molecule has 0 aromatic heterocycles. The molecule has 2 unspecified atom stereocenters. The van der Waals surface area contributed by atoms with E-state index in [4.69, 9.17) is 14.2 Å². The Kier molecular flexibility index (Phi) is 33.3. The van der Waals surface area contributed by atoms with Gasteiger partial charge in [0.25, 0.3) is 0 Å². The molecule has 0 amide bonds. The van der Waals surface area contributed by atoms with Crippen molar-refractivity contribution in [1.29, 1.82) is 0 Å². The maximum absolute atomic E-state index is 13.0. The van der Waals surface area contributed by atoms with Gasteiger partial charge in [-0.15, -0.1) is 0 Å². The third-order valence-corrected chi connectivity index (χ3v) is 11.8. The Bertz CT molecular complexity index is 894. The zero-order chi connectivity index (χ0) is 42.3. The van der Waals surface area contributed by atoms with E-state index in [9.17, 15) is 14.4 Å². The molecule has 332 valence electrons. The summed E-state index contributed by atoms with van der Waals surface area (Å²) in [5, 5.41) is 0. The molecule has 7 nitrogen and oxygen atoms in total. The SMILES string of the molecule is CC(C)CCC(COC(=O)CCCCCCCCCC(CCCCCCCCCC(=O)OCC(CCC(C)C)C(C)C)OC(=O)CN(C(C)C)C(C)C)C(C)C. The standard InChI is InChI=1S/C49H95NO6/c1-38(2)31-33-44(40(5)6)36-54-47(51)29-25-21-17-13-15-19-23-27-46(56-49(53)35-50(42(9)10)43(11)12)28-24-20-16-14-18-22-26-30-48(52)55-37-45(41(7)8)34-32-39(3)4/h38-46H,13-37H2,1-12H3. The van der Waals surface area contributed by atoms with Crippen molar-refractivity contribution in [1.82, 2.24) is 4.90 Å². The van der Waals surface area contributed by atoms with Crippen LogP contribution in [-0.4, -0.2) is 60.8 Å². The second kappa shape index (κ2) is 34.3. The van der Waals surface area contributed by atoms with Crippen LogP contribution in [0.1, 0.15) is 224 Å². The van der Waals surface area contributed by atoms with Crippen LogP contribution in [0.15, 0.2) is 0 Å². The fraction of sp³-hybridized carbons (Fsp3) is 0.939. The van der Waals surface area contributed by atoms with Crippen LogP contribution in [0, 0.1) is 35.5 Å². The minimum absolute atomic E-state index is 0.0120. The van der Waals surface area contributed by atoms with E-state index in [1.54, 1.807) is 0 Å². The number of carbonyl (C=O) groups excluding carboxylic acids is 3. The van der Waals surface area contributed by atoms with Gasteiger partial charge >= 0.3 is 17.9 Å². The van der Waals surface area contributed by atoms with Crippen molar-refractivity contribution in [2.24, 2.45) is 35.5 Å². The van der Waals surface area contributed by atoms with Crippen LogP contribution in [0.3, 0.4) is 0 Å². The van der Waals surface area contributed by atoms with E-state index in [1.807, 2.05) is 0 Å². The smallest absolute Gasteiger partial charge is 0.320 e. The molecule has 2 atom stereocenters. The number of carbonyl (C=O) groups is 3. The van der Waals surface area contributed by atoms with Crippen molar-refractivity contribution >= 4 is 17.9 Å². The predicted octanol–water partition coefficient (Wildman–Crippen LogP) is 13.5. The molecule has 0 aliphatic rings. The molecule has 0 aromatic rings. The highest BCUT2D eigenvalue weighted by Crippen LogP contribution is 2.23. The largest absolute Gasteiger partial charge is 0.465 e. The lowest BCUT2D eigenvalue weighted by Crippen LogP contribution is -2.42. The maximum atomic E-state index is 13.0. The summed E-state index contributed by atoms with van der Waals surface area (Å²) in [4.78, 5) is 39.9. The van der Waals surface area contributed by atoms with Crippen LogP contribution in [-0.2, 0) is 28.6 Å². The fourth-order valence-corrected chi connectivity index (χ4v) is 7.50. The number of hydrogen-bond donors (Lipinski definition) is 0. The molecule has 56 heavy (non-hydrogen) atoms. The zero-order valence-electron chi connectivity index (χ0n) is 39.3. The van der Waals surface area contributed by atoms with Gasteiger partial charge in [0.1, 0.15) is 6.10 Å². The molecule has 0 aromatic carbocycles. The molecule has 0 saturated heterocycles. The number of esters is 3. The molecule has 0 aliphatic carbocycles. The highest BCUT2D eigenvalue weighted by molar-refractivity contribution is 5.72. The minimum atomic E-state index is -0.0972. The Morgan fingerprint density at radius 3 is 1.07 bits per heavy atom. The first kappa shape index (κ1) is 54.4. The summed E-state index contributed by atoms with van der Waals surface area (Å²) in [6.07, 6.45) is 23.0. The van der Waals surface area contributed by atoms with Gasteiger partial charge in [0.2, 0.25) is 0 Å². The van der Waals surface area contributed by atoms with Gasteiger partial charge < -0.3 is 14.2 Å². The number of rotatable bonds is 37. The van der Waals surface area contributed by atoms with Gasteiger partial charge in [0.05, 0.1) is 19.8 Å². The van der Waals surface area contributed by atoms with Gasteiger partial charge in [-0.1, -0.05) is 132 Å². The van der Waals surface area contributed by atoms with Crippen molar-refractivity contribution in [3.05, 3.63) is 0 Å². The van der Waals surface area contributed by atoms with Gasteiger partial charge in [0.15, 0.2) is 0 Å². The summed E-state index contributed by atoms with van der Waals surface area (Å²) < 4.78 is 17.4. The van der Waals surface area contributed by atoms with Crippen molar-refractivity contribution < 1.29 is 28.6 Å².